The highest BCUT2D eigenvalue weighted by molar-refractivity contribution is 5.96. The van der Waals surface area contributed by atoms with Crippen molar-refractivity contribution in [3.8, 4) is 0 Å². The van der Waals surface area contributed by atoms with Gasteiger partial charge in [-0.1, -0.05) is 61.7 Å². The molecule has 3 aromatic rings. The first-order valence-electron chi connectivity index (χ1n) is 11.3. The third-order valence-corrected chi connectivity index (χ3v) is 5.94. The van der Waals surface area contributed by atoms with Crippen LogP contribution in [-0.2, 0) is 11.3 Å². The number of nitrogens with zero attached hydrogens (tertiary/aromatic N) is 3. The highest BCUT2D eigenvalue weighted by Crippen LogP contribution is 2.27. The minimum absolute atomic E-state index is 0.0942. The number of benzene rings is 2. The predicted octanol–water partition coefficient (Wildman–Crippen LogP) is 4.45. The average Bonchev–Trinajstić information content (AvgIpc) is 2.86. The van der Waals surface area contributed by atoms with Gasteiger partial charge in [0.2, 0.25) is 5.91 Å². The van der Waals surface area contributed by atoms with Gasteiger partial charge in [-0.25, -0.2) is 9.37 Å². The first-order chi connectivity index (χ1) is 16.1. The van der Waals surface area contributed by atoms with E-state index in [0.29, 0.717) is 11.1 Å². The summed E-state index contributed by atoms with van der Waals surface area (Å²) in [6, 6.07) is 14.4. The normalized spacial score (nSPS) is 14.9. The van der Waals surface area contributed by atoms with Crippen molar-refractivity contribution in [3.05, 3.63) is 95.8 Å². The van der Waals surface area contributed by atoms with E-state index in [9.17, 15) is 14.0 Å². The third kappa shape index (κ3) is 5.80. The van der Waals surface area contributed by atoms with E-state index in [0.717, 1.165) is 25.7 Å². The molecule has 0 bridgehead atoms. The van der Waals surface area contributed by atoms with Crippen molar-refractivity contribution in [2.24, 2.45) is 0 Å². The second-order valence-electron chi connectivity index (χ2n) is 8.31. The van der Waals surface area contributed by atoms with E-state index in [1.54, 1.807) is 12.1 Å². The molecule has 7 heteroatoms. The fraction of sp³-hybridized carbons (Fsp3) is 0.308. The van der Waals surface area contributed by atoms with E-state index in [1.807, 2.05) is 30.3 Å². The molecule has 1 atom stereocenters. The van der Waals surface area contributed by atoms with Gasteiger partial charge >= 0.3 is 0 Å². The van der Waals surface area contributed by atoms with E-state index in [-0.39, 0.29) is 30.0 Å². The number of carbonyl (C=O) groups excluding carboxylic acids is 2. The number of aromatic nitrogens is 2. The van der Waals surface area contributed by atoms with Crippen molar-refractivity contribution >= 4 is 11.8 Å². The molecule has 1 saturated carbocycles. The van der Waals surface area contributed by atoms with Crippen molar-refractivity contribution in [3.63, 3.8) is 0 Å². The first kappa shape index (κ1) is 22.6. The first-order valence-corrected chi connectivity index (χ1v) is 11.3. The Hall–Kier alpha value is -3.61. The molecule has 0 radical (unpaired) electrons. The molecule has 0 spiro atoms. The summed E-state index contributed by atoms with van der Waals surface area (Å²) in [5, 5.41) is 3.17. The van der Waals surface area contributed by atoms with Crippen LogP contribution in [0.5, 0.6) is 0 Å². The van der Waals surface area contributed by atoms with Crippen LogP contribution < -0.4 is 5.32 Å². The minimum Gasteiger partial charge on any atom is -0.351 e. The smallest absolute Gasteiger partial charge is 0.275 e. The molecule has 0 aliphatic heterocycles. The lowest BCUT2D eigenvalue weighted by Gasteiger charge is -2.33. The van der Waals surface area contributed by atoms with Crippen molar-refractivity contribution in [2.75, 3.05) is 0 Å². The van der Waals surface area contributed by atoms with E-state index >= 15 is 0 Å². The van der Waals surface area contributed by atoms with Crippen LogP contribution in [0.1, 0.15) is 59.8 Å². The molecular formula is C26H27FN4O2. The molecule has 0 unspecified atom stereocenters. The van der Waals surface area contributed by atoms with Crippen LogP contribution in [-0.4, -0.2) is 32.7 Å². The van der Waals surface area contributed by atoms with Gasteiger partial charge in [0.1, 0.15) is 17.6 Å². The molecule has 170 valence electrons. The number of hydrogen-bond acceptors (Lipinski definition) is 4. The van der Waals surface area contributed by atoms with Gasteiger partial charge in [0, 0.05) is 25.0 Å². The van der Waals surface area contributed by atoms with E-state index in [4.69, 9.17) is 0 Å². The van der Waals surface area contributed by atoms with Crippen molar-refractivity contribution in [2.45, 2.75) is 50.7 Å². The molecule has 33 heavy (non-hydrogen) atoms. The van der Waals surface area contributed by atoms with Crippen LogP contribution in [0, 0.1) is 5.82 Å². The van der Waals surface area contributed by atoms with Gasteiger partial charge in [0.15, 0.2) is 0 Å². The Labute approximate surface area is 192 Å². The Bertz CT molecular complexity index is 1050. The third-order valence-electron chi connectivity index (χ3n) is 5.94. The van der Waals surface area contributed by atoms with Gasteiger partial charge in [0.05, 0.1) is 6.20 Å². The SMILES string of the molecule is O=C(NC1CCCCC1)[C@H](c1ccccc1)N(Cc1ccc(F)cc1)C(=O)c1cnccn1. The van der Waals surface area contributed by atoms with Crippen LogP contribution in [0.2, 0.25) is 0 Å². The van der Waals surface area contributed by atoms with Gasteiger partial charge in [-0.3, -0.25) is 14.6 Å². The maximum absolute atomic E-state index is 13.6. The van der Waals surface area contributed by atoms with Gasteiger partial charge in [0.25, 0.3) is 5.91 Å². The quantitative estimate of drug-likeness (QED) is 0.582. The van der Waals surface area contributed by atoms with Crippen molar-refractivity contribution in [1.29, 1.82) is 0 Å². The molecule has 6 nitrogen and oxygen atoms in total. The maximum Gasteiger partial charge on any atom is 0.275 e. The maximum atomic E-state index is 13.6. The molecule has 1 fully saturated rings. The Morgan fingerprint density at radius 2 is 1.73 bits per heavy atom. The van der Waals surface area contributed by atoms with Crippen molar-refractivity contribution < 1.29 is 14.0 Å². The Balaban J connectivity index is 1.71. The fourth-order valence-corrected chi connectivity index (χ4v) is 4.26. The molecule has 1 N–H and O–H groups in total. The molecule has 1 aromatic heterocycles. The molecule has 2 aromatic carbocycles. The molecule has 1 aliphatic rings. The van der Waals surface area contributed by atoms with E-state index < -0.39 is 11.9 Å². The average molecular weight is 447 g/mol. The standard InChI is InChI=1S/C26H27FN4O2/c27-21-13-11-19(12-14-21)18-31(26(33)23-17-28-15-16-29-23)24(20-7-3-1-4-8-20)25(32)30-22-9-5-2-6-10-22/h1,3-4,7-8,11-17,22,24H,2,5-6,9-10,18H2,(H,30,32)/t24-/m0/s1. The highest BCUT2D eigenvalue weighted by atomic mass is 19.1. The van der Waals surface area contributed by atoms with Gasteiger partial charge in [-0.2, -0.15) is 0 Å². The number of halogens is 1. The number of hydrogen-bond donors (Lipinski definition) is 1. The van der Waals surface area contributed by atoms with E-state index in [1.165, 1.54) is 42.0 Å². The second-order valence-corrected chi connectivity index (χ2v) is 8.31. The van der Waals surface area contributed by atoms with Crippen LogP contribution in [0.3, 0.4) is 0 Å². The molecule has 2 amide bonds. The van der Waals surface area contributed by atoms with Crippen LogP contribution in [0.15, 0.2) is 73.2 Å². The van der Waals surface area contributed by atoms with Gasteiger partial charge in [-0.15, -0.1) is 0 Å². The summed E-state index contributed by atoms with van der Waals surface area (Å²) in [7, 11) is 0. The van der Waals surface area contributed by atoms with Gasteiger partial charge < -0.3 is 10.2 Å². The largest absolute Gasteiger partial charge is 0.351 e. The summed E-state index contributed by atoms with van der Waals surface area (Å²) in [5.74, 6) is -1.01. The lowest BCUT2D eigenvalue weighted by atomic mass is 9.94. The molecule has 4 rings (SSSR count). The number of nitrogens with one attached hydrogen (secondary N) is 1. The molecule has 1 heterocycles. The topological polar surface area (TPSA) is 75.2 Å². The highest BCUT2D eigenvalue weighted by Gasteiger charge is 2.34. The molecule has 1 aliphatic carbocycles. The lowest BCUT2D eigenvalue weighted by Crippen LogP contribution is -2.47. The second kappa shape index (κ2) is 10.8. The zero-order valence-electron chi connectivity index (χ0n) is 18.4. The number of rotatable bonds is 7. The van der Waals surface area contributed by atoms with E-state index in [2.05, 4.69) is 15.3 Å². The predicted molar refractivity (Wildman–Crippen MR) is 123 cm³/mol. The lowest BCUT2D eigenvalue weighted by molar-refractivity contribution is -0.127. The Morgan fingerprint density at radius 3 is 2.39 bits per heavy atom. The molecule has 0 saturated heterocycles. The monoisotopic (exact) mass is 446 g/mol. The summed E-state index contributed by atoms with van der Waals surface area (Å²) in [5.41, 5.74) is 1.55. The fourth-order valence-electron chi connectivity index (χ4n) is 4.26. The van der Waals surface area contributed by atoms with Crippen LogP contribution in [0.25, 0.3) is 0 Å². The zero-order chi connectivity index (χ0) is 23.0. The number of carbonyl (C=O) groups is 2. The van der Waals surface area contributed by atoms with Crippen molar-refractivity contribution in [1.82, 2.24) is 20.2 Å². The Kier molecular flexibility index (Phi) is 7.40. The summed E-state index contributed by atoms with van der Waals surface area (Å²) < 4.78 is 13.5. The van der Waals surface area contributed by atoms with Gasteiger partial charge in [-0.05, 0) is 36.1 Å². The summed E-state index contributed by atoms with van der Waals surface area (Å²) in [6.07, 6.45) is 9.54. The zero-order valence-corrected chi connectivity index (χ0v) is 18.4. The van der Waals surface area contributed by atoms with Crippen LogP contribution >= 0.6 is 0 Å². The minimum atomic E-state index is -0.868. The number of amides is 2. The summed E-state index contributed by atoms with van der Waals surface area (Å²) >= 11 is 0. The summed E-state index contributed by atoms with van der Waals surface area (Å²) in [6.45, 7) is 0.118. The summed E-state index contributed by atoms with van der Waals surface area (Å²) in [4.78, 5) is 36.9. The Morgan fingerprint density at radius 1 is 1.00 bits per heavy atom. The molecular weight excluding hydrogens is 419 g/mol. The van der Waals surface area contributed by atoms with Crippen LogP contribution in [0.4, 0.5) is 4.39 Å².